The number of hydrogen-bond donors (Lipinski definition) is 1. The van der Waals surface area contributed by atoms with Crippen molar-refractivity contribution in [1.29, 1.82) is 0 Å². The maximum Gasteiger partial charge on any atom is 0.114 e. The number of nitrogen functional groups attached to an aromatic ring is 1. The summed E-state index contributed by atoms with van der Waals surface area (Å²) in [4.78, 5) is 4.61. The Balaban J connectivity index is 2.54. The van der Waals surface area contributed by atoms with Crippen LogP contribution in [0.3, 0.4) is 0 Å². The molecule has 0 fully saturated rings. The van der Waals surface area contributed by atoms with Gasteiger partial charge in [-0.1, -0.05) is 44.0 Å². The van der Waals surface area contributed by atoms with Crippen molar-refractivity contribution in [3.63, 3.8) is 0 Å². The van der Waals surface area contributed by atoms with Crippen LogP contribution in [-0.4, -0.2) is 4.98 Å². The second kappa shape index (κ2) is 4.72. The molecule has 18 heavy (non-hydrogen) atoms. The lowest BCUT2D eigenvalue weighted by Gasteiger charge is -2.13. The summed E-state index contributed by atoms with van der Waals surface area (Å²) in [5.74, 6) is 0. The molecule has 2 N–H and O–H groups in total. The fraction of sp³-hybridized carbons (Fsp3) is 0.308. The Morgan fingerprint density at radius 2 is 1.67 bits per heavy atom. The molecular weight excluding hydrogens is 287 g/mol. The summed E-state index contributed by atoms with van der Waals surface area (Å²) < 4.78 is 0. The van der Waals surface area contributed by atoms with Gasteiger partial charge in [0, 0.05) is 21.0 Å². The van der Waals surface area contributed by atoms with Crippen molar-refractivity contribution in [2.75, 3.05) is 5.73 Å². The third kappa shape index (κ3) is 2.79. The number of rotatable bonds is 1. The predicted molar refractivity (Wildman–Crippen MR) is 80.7 cm³/mol. The first-order valence-corrected chi connectivity index (χ1v) is 7.08. The largest absolute Gasteiger partial charge is 0.389 e. The molecule has 0 atom stereocenters. The molecule has 0 spiro atoms. The molecule has 1 aromatic carbocycles. The van der Waals surface area contributed by atoms with Gasteiger partial charge in [0.25, 0.3) is 0 Å². The van der Waals surface area contributed by atoms with Crippen LogP contribution in [0.15, 0.2) is 18.2 Å². The van der Waals surface area contributed by atoms with Crippen LogP contribution >= 0.6 is 34.5 Å². The highest BCUT2D eigenvalue weighted by Crippen LogP contribution is 2.37. The van der Waals surface area contributed by atoms with Gasteiger partial charge in [0.15, 0.2) is 0 Å². The molecule has 96 valence electrons. The van der Waals surface area contributed by atoms with E-state index in [1.165, 1.54) is 11.3 Å². The fourth-order valence-corrected chi connectivity index (χ4v) is 2.99. The predicted octanol–water partition coefficient (Wildman–Crippen LogP) is 5.00. The molecule has 2 aromatic rings. The van der Waals surface area contributed by atoms with Crippen LogP contribution in [0, 0.1) is 0 Å². The molecule has 0 unspecified atom stereocenters. The maximum absolute atomic E-state index is 6.04. The number of anilines is 1. The molecule has 0 radical (unpaired) electrons. The van der Waals surface area contributed by atoms with Crippen LogP contribution in [0.1, 0.15) is 25.8 Å². The Hall–Kier alpha value is -0.770. The highest BCUT2D eigenvalue weighted by Gasteiger charge is 2.21. The fourth-order valence-electron chi connectivity index (χ4n) is 1.55. The van der Waals surface area contributed by atoms with Gasteiger partial charge in [-0.2, -0.15) is 0 Å². The van der Waals surface area contributed by atoms with Crippen molar-refractivity contribution in [3.05, 3.63) is 33.3 Å². The van der Waals surface area contributed by atoms with E-state index in [0.29, 0.717) is 15.0 Å². The molecular formula is C13H14Cl2N2S. The van der Waals surface area contributed by atoms with Crippen LogP contribution in [0.25, 0.3) is 11.3 Å². The first-order chi connectivity index (χ1) is 8.27. The van der Waals surface area contributed by atoms with Gasteiger partial charge in [0.1, 0.15) is 15.7 Å². The zero-order valence-corrected chi connectivity index (χ0v) is 12.7. The smallest absolute Gasteiger partial charge is 0.114 e. The molecule has 0 amide bonds. The number of halogens is 2. The summed E-state index contributed by atoms with van der Waals surface area (Å²) in [6.07, 6.45) is 0. The minimum absolute atomic E-state index is 0.0145. The first kappa shape index (κ1) is 13.7. The molecule has 0 aliphatic carbocycles. The van der Waals surface area contributed by atoms with E-state index in [0.717, 1.165) is 16.3 Å². The van der Waals surface area contributed by atoms with E-state index < -0.39 is 0 Å². The second-order valence-electron chi connectivity index (χ2n) is 5.14. The molecule has 0 saturated carbocycles. The van der Waals surface area contributed by atoms with Gasteiger partial charge in [-0.15, -0.1) is 11.3 Å². The lowest BCUT2D eigenvalue weighted by Crippen LogP contribution is -2.10. The summed E-state index contributed by atoms with van der Waals surface area (Å²) in [6.45, 7) is 6.33. The van der Waals surface area contributed by atoms with Gasteiger partial charge in [-0.25, -0.2) is 4.98 Å². The van der Waals surface area contributed by atoms with Crippen molar-refractivity contribution in [3.8, 4) is 11.3 Å². The third-order valence-electron chi connectivity index (χ3n) is 2.43. The van der Waals surface area contributed by atoms with Gasteiger partial charge in [-0.05, 0) is 18.2 Å². The number of thiazole rings is 1. The highest BCUT2D eigenvalue weighted by molar-refractivity contribution is 7.16. The topological polar surface area (TPSA) is 38.9 Å². The average Bonchev–Trinajstić information content (AvgIpc) is 2.58. The first-order valence-electron chi connectivity index (χ1n) is 5.50. The van der Waals surface area contributed by atoms with E-state index in [2.05, 4.69) is 25.8 Å². The molecule has 2 rings (SSSR count). The zero-order valence-electron chi connectivity index (χ0n) is 10.4. The van der Waals surface area contributed by atoms with E-state index >= 15 is 0 Å². The summed E-state index contributed by atoms with van der Waals surface area (Å²) in [6, 6.07) is 5.34. The van der Waals surface area contributed by atoms with Crippen molar-refractivity contribution < 1.29 is 0 Å². The van der Waals surface area contributed by atoms with Gasteiger partial charge in [-0.3, -0.25) is 0 Å². The van der Waals surface area contributed by atoms with Crippen molar-refractivity contribution in [2.45, 2.75) is 26.2 Å². The monoisotopic (exact) mass is 300 g/mol. The van der Waals surface area contributed by atoms with Crippen LogP contribution < -0.4 is 5.73 Å². The number of nitrogens with zero attached hydrogens (tertiary/aromatic N) is 1. The van der Waals surface area contributed by atoms with Crippen LogP contribution in [0.2, 0.25) is 10.0 Å². The summed E-state index contributed by atoms with van der Waals surface area (Å²) in [5.41, 5.74) is 7.64. The Morgan fingerprint density at radius 1 is 1.11 bits per heavy atom. The lowest BCUT2D eigenvalue weighted by molar-refractivity contribution is 0.586. The van der Waals surface area contributed by atoms with Crippen LogP contribution in [0.4, 0.5) is 5.00 Å². The Labute approximate surface area is 121 Å². The highest BCUT2D eigenvalue weighted by atomic mass is 35.5. The van der Waals surface area contributed by atoms with Gasteiger partial charge >= 0.3 is 0 Å². The van der Waals surface area contributed by atoms with Gasteiger partial charge in [0.2, 0.25) is 0 Å². The van der Waals surface area contributed by atoms with Gasteiger partial charge in [0.05, 0.1) is 0 Å². The van der Waals surface area contributed by atoms with Crippen molar-refractivity contribution >= 4 is 39.5 Å². The average molecular weight is 301 g/mol. The third-order valence-corrected chi connectivity index (χ3v) is 4.18. The van der Waals surface area contributed by atoms with Crippen LogP contribution in [0.5, 0.6) is 0 Å². The quantitative estimate of drug-likeness (QED) is 0.805. The lowest BCUT2D eigenvalue weighted by atomic mass is 9.98. The van der Waals surface area contributed by atoms with Gasteiger partial charge < -0.3 is 5.73 Å². The standard InChI is InChI=1S/C13H14Cl2N2S/c1-13(2,3)12-17-10(11(16)18-12)7-4-8(14)6-9(15)5-7/h4-6H,16H2,1-3H3. The SMILES string of the molecule is CC(C)(C)c1nc(-c2cc(Cl)cc(Cl)c2)c(N)s1. The molecule has 0 aliphatic heterocycles. The summed E-state index contributed by atoms with van der Waals surface area (Å²) in [7, 11) is 0. The Morgan fingerprint density at radius 3 is 2.11 bits per heavy atom. The number of benzene rings is 1. The van der Waals surface area contributed by atoms with Crippen molar-refractivity contribution in [1.82, 2.24) is 4.98 Å². The normalized spacial score (nSPS) is 11.8. The molecule has 0 aliphatic rings. The molecule has 5 heteroatoms. The Kier molecular flexibility index (Phi) is 3.58. The minimum atomic E-state index is -0.0145. The number of nitrogens with two attached hydrogens (primary N) is 1. The number of aromatic nitrogens is 1. The summed E-state index contributed by atoms with van der Waals surface area (Å²) >= 11 is 13.5. The molecule has 2 nitrogen and oxygen atoms in total. The zero-order chi connectivity index (χ0) is 13.5. The maximum atomic E-state index is 6.04. The minimum Gasteiger partial charge on any atom is -0.389 e. The molecule has 0 bridgehead atoms. The number of hydrogen-bond acceptors (Lipinski definition) is 3. The van der Waals surface area contributed by atoms with E-state index in [-0.39, 0.29) is 5.41 Å². The summed E-state index contributed by atoms with van der Waals surface area (Å²) in [5, 5.41) is 2.87. The van der Waals surface area contributed by atoms with Crippen LogP contribution in [-0.2, 0) is 5.41 Å². The van der Waals surface area contributed by atoms with E-state index in [1.807, 2.05) is 12.1 Å². The Bertz CT molecular complexity index is 565. The van der Waals surface area contributed by atoms with E-state index in [9.17, 15) is 0 Å². The molecule has 1 heterocycles. The second-order valence-corrected chi connectivity index (χ2v) is 7.04. The molecule has 0 saturated heterocycles. The van der Waals surface area contributed by atoms with E-state index in [1.54, 1.807) is 6.07 Å². The molecule has 1 aromatic heterocycles. The van der Waals surface area contributed by atoms with E-state index in [4.69, 9.17) is 28.9 Å². The van der Waals surface area contributed by atoms with Crippen molar-refractivity contribution in [2.24, 2.45) is 0 Å².